The molecular formula is C13H18N4O2S. The van der Waals surface area contributed by atoms with E-state index in [4.69, 9.17) is 5.73 Å². The van der Waals surface area contributed by atoms with Gasteiger partial charge in [-0.3, -0.25) is 0 Å². The van der Waals surface area contributed by atoms with E-state index in [1.54, 1.807) is 13.8 Å². The minimum atomic E-state index is -3.17. The van der Waals surface area contributed by atoms with E-state index in [1.165, 1.54) is 6.26 Å². The third kappa shape index (κ3) is 2.82. The molecule has 1 heterocycles. The minimum Gasteiger partial charge on any atom is -0.368 e. The predicted molar refractivity (Wildman–Crippen MR) is 81.4 cm³/mol. The summed E-state index contributed by atoms with van der Waals surface area (Å²) in [6, 6.07) is 7.43. The van der Waals surface area contributed by atoms with Gasteiger partial charge in [0.25, 0.3) is 0 Å². The lowest BCUT2D eigenvalue weighted by Crippen LogP contribution is -2.38. The number of benzene rings is 1. The summed E-state index contributed by atoms with van der Waals surface area (Å²) in [7, 11) is -3.17. The maximum absolute atomic E-state index is 11.7. The Labute approximate surface area is 118 Å². The van der Waals surface area contributed by atoms with E-state index in [-0.39, 0.29) is 12.5 Å². The molecule has 0 amide bonds. The van der Waals surface area contributed by atoms with Gasteiger partial charge >= 0.3 is 0 Å². The number of nitrogen functional groups attached to an aromatic ring is 1. The molecule has 6 nitrogen and oxygen atoms in total. The van der Waals surface area contributed by atoms with Gasteiger partial charge < -0.3 is 11.1 Å². The van der Waals surface area contributed by atoms with Crippen LogP contribution in [0.2, 0.25) is 0 Å². The molecule has 108 valence electrons. The maximum atomic E-state index is 11.7. The van der Waals surface area contributed by atoms with Crippen LogP contribution in [0.5, 0.6) is 0 Å². The molecule has 2 rings (SSSR count). The van der Waals surface area contributed by atoms with Gasteiger partial charge in [0.1, 0.15) is 5.82 Å². The summed E-state index contributed by atoms with van der Waals surface area (Å²) in [4.78, 5) is 8.29. The molecule has 0 fully saturated rings. The van der Waals surface area contributed by atoms with Crippen LogP contribution in [0.1, 0.15) is 13.8 Å². The van der Waals surface area contributed by atoms with Gasteiger partial charge in [-0.25, -0.2) is 13.4 Å². The number of para-hydroxylation sites is 1. The summed E-state index contributed by atoms with van der Waals surface area (Å²) >= 11 is 0. The fourth-order valence-corrected chi connectivity index (χ4v) is 1.99. The summed E-state index contributed by atoms with van der Waals surface area (Å²) in [5, 5.41) is 3.88. The van der Waals surface area contributed by atoms with Gasteiger partial charge in [0.2, 0.25) is 5.95 Å². The highest BCUT2D eigenvalue weighted by Gasteiger charge is 2.30. The molecule has 0 spiro atoms. The fourth-order valence-electron chi connectivity index (χ4n) is 1.66. The Morgan fingerprint density at radius 2 is 1.90 bits per heavy atom. The average molecular weight is 294 g/mol. The van der Waals surface area contributed by atoms with Crippen molar-refractivity contribution in [2.24, 2.45) is 0 Å². The molecule has 20 heavy (non-hydrogen) atoms. The van der Waals surface area contributed by atoms with Crippen LogP contribution in [-0.4, -0.2) is 35.9 Å². The largest absolute Gasteiger partial charge is 0.368 e. The molecule has 7 heteroatoms. The van der Waals surface area contributed by atoms with E-state index < -0.39 is 14.6 Å². The fraction of sp³-hybridized carbons (Fsp3) is 0.385. The number of aromatic nitrogens is 2. The second-order valence-corrected chi connectivity index (χ2v) is 7.98. The van der Waals surface area contributed by atoms with Crippen LogP contribution in [-0.2, 0) is 9.84 Å². The molecule has 0 saturated heterocycles. The molecular weight excluding hydrogens is 276 g/mol. The summed E-state index contributed by atoms with van der Waals surface area (Å²) in [6.45, 7) is 3.58. The monoisotopic (exact) mass is 294 g/mol. The molecule has 0 atom stereocenters. The number of nitrogens with one attached hydrogen (secondary N) is 1. The van der Waals surface area contributed by atoms with Crippen molar-refractivity contribution in [2.45, 2.75) is 18.6 Å². The van der Waals surface area contributed by atoms with Crippen LogP contribution in [0.25, 0.3) is 10.9 Å². The van der Waals surface area contributed by atoms with Crippen molar-refractivity contribution < 1.29 is 8.42 Å². The second kappa shape index (κ2) is 4.90. The normalized spacial score (nSPS) is 12.6. The molecule has 1 aromatic heterocycles. The Bertz CT molecular complexity index is 741. The molecule has 0 saturated carbocycles. The van der Waals surface area contributed by atoms with E-state index in [0.29, 0.717) is 5.82 Å². The number of hydrogen-bond acceptors (Lipinski definition) is 6. The quantitative estimate of drug-likeness (QED) is 0.885. The Kier molecular flexibility index (Phi) is 3.56. The Hall–Kier alpha value is -1.89. The van der Waals surface area contributed by atoms with Gasteiger partial charge in [0.05, 0.1) is 10.3 Å². The smallest absolute Gasteiger partial charge is 0.222 e. The molecule has 3 N–H and O–H groups in total. The molecule has 0 aliphatic carbocycles. The minimum absolute atomic E-state index is 0.156. The molecule has 0 unspecified atom stereocenters. The summed E-state index contributed by atoms with van der Waals surface area (Å²) in [5.41, 5.74) is 6.39. The number of nitrogens with two attached hydrogens (primary N) is 1. The average Bonchev–Trinajstić information content (AvgIpc) is 2.34. The highest BCUT2D eigenvalue weighted by atomic mass is 32.2. The number of fused-ring (bicyclic) bond motifs is 1. The highest BCUT2D eigenvalue weighted by Crippen LogP contribution is 2.22. The Morgan fingerprint density at radius 1 is 1.25 bits per heavy atom. The topological polar surface area (TPSA) is 98.0 Å². The van der Waals surface area contributed by atoms with E-state index in [2.05, 4.69) is 15.3 Å². The maximum Gasteiger partial charge on any atom is 0.222 e. The first-order valence-corrected chi connectivity index (χ1v) is 8.05. The Morgan fingerprint density at radius 3 is 2.55 bits per heavy atom. The van der Waals surface area contributed by atoms with Gasteiger partial charge in [-0.2, -0.15) is 4.98 Å². The van der Waals surface area contributed by atoms with Gasteiger partial charge in [0.15, 0.2) is 9.84 Å². The lowest BCUT2D eigenvalue weighted by molar-refractivity contribution is 0.559. The van der Waals surface area contributed by atoms with Crippen LogP contribution in [0, 0.1) is 0 Å². The number of sulfone groups is 1. The van der Waals surface area contributed by atoms with Crippen molar-refractivity contribution in [3.63, 3.8) is 0 Å². The van der Waals surface area contributed by atoms with Crippen LogP contribution in [0.3, 0.4) is 0 Å². The lowest BCUT2D eigenvalue weighted by Gasteiger charge is -2.23. The van der Waals surface area contributed by atoms with Crippen LogP contribution < -0.4 is 11.1 Å². The van der Waals surface area contributed by atoms with Crippen LogP contribution in [0.15, 0.2) is 24.3 Å². The van der Waals surface area contributed by atoms with Gasteiger partial charge in [-0.15, -0.1) is 0 Å². The molecule has 1 aromatic carbocycles. The molecule has 0 bridgehead atoms. The highest BCUT2D eigenvalue weighted by molar-refractivity contribution is 7.92. The van der Waals surface area contributed by atoms with Gasteiger partial charge in [0, 0.05) is 18.2 Å². The van der Waals surface area contributed by atoms with E-state index >= 15 is 0 Å². The van der Waals surface area contributed by atoms with Crippen molar-refractivity contribution >= 4 is 32.5 Å². The first-order chi connectivity index (χ1) is 9.21. The molecule has 0 aliphatic rings. The predicted octanol–water partition coefficient (Wildman–Crippen LogP) is 1.45. The molecule has 2 aromatic rings. The SMILES string of the molecule is CC(C)(CNc1nc(N)nc2ccccc12)S(C)(=O)=O. The van der Waals surface area contributed by atoms with E-state index in [1.807, 2.05) is 24.3 Å². The number of hydrogen-bond donors (Lipinski definition) is 2. The molecule has 0 radical (unpaired) electrons. The third-order valence-electron chi connectivity index (χ3n) is 3.31. The zero-order valence-electron chi connectivity index (χ0n) is 11.7. The summed E-state index contributed by atoms with van der Waals surface area (Å²) in [5.74, 6) is 0.702. The van der Waals surface area contributed by atoms with Crippen molar-refractivity contribution in [3.05, 3.63) is 24.3 Å². The zero-order chi connectivity index (χ0) is 15.0. The number of rotatable bonds is 4. The van der Waals surface area contributed by atoms with E-state index in [9.17, 15) is 8.42 Å². The first kappa shape index (κ1) is 14.5. The van der Waals surface area contributed by atoms with Crippen LogP contribution >= 0.6 is 0 Å². The second-order valence-electron chi connectivity index (χ2n) is 5.33. The standard InChI is InChI=1S/C13H18N4O2S/c1-13(2,20(3,18)19)8-15-11-9-6-4-5-7-10(9)16-12(14)17-11/h4-7H,8H2,1-3H3,(H3,14,15,16,17). The van der Waals surface area contributed by atoms with E-state index in [0.717, 1.165) is 10.9 Å². The lowest BCUT2D eigenvalue weighted by atomic mass is 10.2. The van der Waals surface area contributed by atoms with Crippen molar-refractivity contribution in [1.29, 1.82) is 0 Å². The number of anilines is 2. The summed E-state index contributed by atoms with van der Waals surface area (Å²) < 4.78 is 22.5. The zero-order valence-corrected chi connectivity index (χ0v) is 12.5. The van der Waals surface area contributed by atoms with Gasteiger partial charge in [-0.05, 0) is 26.0 Å². The van der Waals surface area contributed by atoms with Crippen molar-refractivity contribution in [2.75, 3.05) is 23.9 Å². The van der Waals surface area contributed by atoms with Crippen molar-refractivity contribution in [3.8, 4) is 0 Å². The third-order valence-corrected chi connectivity index (χ3v) is 5.46. The summed E-state index contributed by atoms with van der Waals surface area (Å²) in [6.07, 6.45) is 1.22. The Balaban J connectivity index is 2.35. The number of nitrogens with zero attached hydrogens (tertiary/aromatic N) is 2. The van der Waals surface area contributed by atoms with Gasteiger partial charge in [-0.1, -0.05) is 12.1 Å². The van der Waals surface area contributed by atoms with Crippen LogP contribution in [0.4, 0.5) is 11.8 Å². The van der Waals surface area contributed by atoms with Crippen molar-refractivity contribution in [1.82, 2.24) is 9.97 Å². The first-order valence-electron chi connectivity index (χ1n) is 6.16. The molecule has 0 aliphatic heterocycles.